The van der Waals surface area contributed by atoms with E-state index in [0.29, 0.717) is 43.3 Å². The molecule has 0 aromatic heterocycles. The second-order valence-corrected chi connectivity index (χ2v) is 7.08. The first kappa shape index (κ1) is 18.1. The molecule has 0 radical (unpaired) electrons. The quantitative estimate of drug-likeness (QED) is 0.734. The van der Waals surface area contributed by atoms with Gasteiger partial charge in [0, 0.05) is 30.3 Å². The molecule has 1 heterocycles. The Bertz CT molecular complexity index is 561. The Hall–Kier alpha value is -1.24. The van der Waals surface area contributed by atoms with Gasteiger partial charge in [-0.15, -0.1) is 11.8 Å². The van der Waals surface area contributed by atoms with Gasteiger partial charge in [0.25, 0.3) is 0 Å². The molecule has 1 aliphatic rings. The zero-order valence-corrected chi connectivity index (χ0v) is 14.3. The van der Waals surface area contributed by atoms with Crippen molar-refractivity contribution < 1.29 is 19.4 Å². The van der Waals surface area contributed by atoms with Crippen LogP contribution >= 0.6 is 23.4 Å². The molecule has 1 aliphatic heterocycles. The fourth-order valence-corrected chi connectivity index (χ4v) is 3.76. The van der Waals surface area contributed by atoms with E-state index in [2.05, 4.69) is 5.32 Å². The number of ether oxygens (including phenoxy) is 1. The van der Waals surface area contributed by atoms with Crippen LogP contribution in [-0.4, -0.2) is 41.5 Å². The van der Waals surface area contributed by atoms with Gasteiger partial charge in [-0.1, -0.05) is 23.7 Å². The Balaban J connectivity index is 1.84. The van der Waals surface area contributed by atoms with Crippen molar-refractivity contribution >= 4 is 35.2 Å². The van der Waals surface area contributed by atoms with Crippen LogP contribution in [0.4, 0.5) is 0 Å². The minimum absolute atomic E-state index is 0.0697. The highest BCUT2D eigenvalue weighted by molar-refractivity contribution is 7.99. The molecule has 2 N–H and O–H groups in total. The number of nitrogens with one attached hydrogen (secondary N) is 1. The van der Waals surface area contributed by atoms with Crippen LogP contribution in [0.3, 0.4) is 0 Å². The zero-order chi connectivity index (χ0) is 16.7. The number of hydrogen-bond donors (Lipinski definition) is 2. The van der Waals surface area contributed by atoms with E-state index in [0.717, 1.165) is 4.90 Å². The molecule has 1 saturated heterocycles. The van der Waals surface area contributed by atoms with Crippen molar-refractivity contribution in [2.24, 2.45) is 0 Å². The smallest absolute Gasteiger partial charge is 0.305 e. The van der Waals surface area contributed by atoms with Gasteiger partial charge in [0.05, 0.1) is 17.0 Å². The summed E-state index contributed by atoms with van der Waals surface area (Å²) in [7, 11) is 0. The number of hydrogen-bond acceptors (Lipinski definition) is 4. The van der Waals surface area contributed by atoms with Gasteiger partial charge in [0.1, 0.15) is 0 Å². The summed E-state index contributed by atoms with van der Waals surface area (Å²) in [4.78, 5) is 24.2. The van der Waals surface area contributed by atoms with Gasteiger partial charge < -0.3 is 15.2 Å². The molecule has 5 nitrogen and oxygen atoms in total. The number of aliphatic carboxylic acids is 1. The van der Waals surface area contributed by atoms with E-state index in [9.17, 15) is 9.59 Å². The molecular formula is C16H20ClNO4S. The first-order valence-electron chi connectivity index (χ1n) is 7.49. The molecule has 1 aromatic rings. The highest BCUT2D eigenvalue weighted by atomic mass is 35.5. The summed E-state index contributed by atoms with van der Waals surface area (Å²) in [5.74, 6) is -0.444. The monoisotopic (exact) mass is 357 g/mol. The lowest BCUT2D eigenvalue weighted by molar-refractivity contribution is -0.140. The number of rotatable bonds is 7. The number of amides is 1. The van der Waals surface area contributed by atoms with Crippen LogP contribution in [0.15, 0.2) is 29.2 Å². The van der Waals surface area contributed by atoms with Crippen LogP contribution in [0.2, 0.25) is 5.02 Å². The average Bonchev–Trinajstić information content (AvgIpc) is 2.49. The van der Waals surface area contributed by atoms with Crippen LogP contribution in [0.5, 0.6) is 0 Å². The predicted molar refractivity (Wildman–Crippen MR) is 90.0 cm³/mol. The highest BCUT2D eigenvalue weighted by Gasteiger charge is 2.36. The average molecular weight is 358 g/mol. The molecule has 2 rings (SSSR count). The molecule has 1 fully saturated rings. The van der Waals surface area contributed by atoms with E-state index >= 15 is 0 Å². The van der Waals surface area contributed by atoms with Gasteiger partial charge in [0.15, 0.2) is 0 Å². The van der Waals surface area contributed by atoms with Crippen molar-refractivity contribution in [3.8, 4) is 0 Å². The fourth-order valence-electron chi connectivity index (χ4n) is 2.57. The number of carbonyl (C=O) groups excluding carboxylic acids is 1. The highest BCUT2D eigenvalue weighted by Crippen LogP contribution is 2.28. The summed E-state index contributed by atoms with van der Waals surface area (Å²) >= 11 is 7.59. The van der Waals surface area contributed by atoms with Gasteiger partial charge in [0.2, 0.25) is 5.91 Å². The Morgan fingerprint density at radius 1 is 1.30 bits per heavy atom. The number of benzene rings is 1. The van der Waals surface area contributed by atoms with Crippen LogP contribution in [0, 0.1) is 0 Å². The molecule has 0 unspecified atom stereocenters. The molecule has 1 aromatic carbocycles. The number of halogens is 1. The minimum atomic E-state index is -0.905. The summed E-state index contributed by atoms with van der Waals surface area (Å²) in [6.07, 6.45) is 1.31. The molecule has 23 heavy (non-hydrogen) atoms. The molecule has 1 amide bonds. The minimum Gasteiger partial charge on any atom is -0.481 e. The van der Waals surface area contributed by atoms with Crippen molar-refractivity contribution in [3.05, 3.63) is 29.3 Å². The van der Waals surface area contributed by atoms with Gasteiger partial charge in [-0.25, -0.2) is 0 Å². The van der Waals surface area contributed by atoms with Gasteiger partial charge >= 0.3 is 5.97 Å². The third-order valence-electron chi connectivity index (χ3n) is 3.77. The van der Waals surface area contributed by atoms with Gasteiger partial charge in [-0.05, 0) is 25.0 Å². The predicted octanol–water partition coefficient (Wildman–Crippen LogP) is 2.96. The first-order chi connectivity index (χ1) is 11.0. The van der Waals surface area contributed by atoms with Crippen LogP contribution in [0.25, 0.3) is 0 Å². The summed E-state index contributed by atoms with van der Waals surface area (Å²) < 4.78 is 5.28. The van der Waals surface area contributed by atoms with Gasteiger partial charge in [-0.3, -0.25) is 9.59 Å². The van der Waals surface area contributed by atoms with Crippen LogP contribution in [0.1, 0.15) is 25.7 Å². The second-order valence-electron chi connectivity index (χ2n) is 5.54. The van der Waals surface area contributed by atoms with E-state index in [1.165, 1.54) is 11.8 Å². The second kappa shape index (κ2) is 8.57. The maximum absolute atomic E-state index is 12.2. The first-order valence-corrected chi connectivity index (χ1v) is 8.85. The van der Waals surface area contributed by atoms with Crippen molar-refractivity contribution in [2.45, 2.75) is 36.1 Å². The van der Waals surface area contributed by atoms with Crippen LogP contribution < -0.4 is 5.32 Å². The molecule has 0 bridgehead atoms. The van der Waals surface area contributed by atoms with E-state index in [-0.39, 0.29) is 12.3 Å². The maximum atomic E-state index is 12.2. The van der Waals surface area contributed by atoms with E-state index in [1.54, 1.807) is 0 Å². The largest absolute Gasteiger partial charge is 0.481 e. The lowest BCUT2D eigenvalue weighted by Crippen LogP contribution is -2.53. The topological polar surface area (TPSA) is 75.6 Å². The SMILES string of the molecule is O=C(O)CC1(NC(=O)CCSc2ccccc2Cl)CCOCC1. The molecule has 0 aliphatic carbocycles. The van der Waals surface area contributed by atoms with Crippen LogP contribution in [-0.2, 0) is 14.3 Å². The van der Waals surface area contributed by atoms with E-state index in [1.807, 2.05) is 24.3 Å². The fraction of sp³-hybridized carbons (Fsp3) is 0.500. The number of carboxylic acids is 1. The van der Waals surface area contributed by atoms with Crippen molar-refractivity contribution in [1.29, 1.82) is 0 Å². The maximum Gasteiger partial charge on any atom is 0.305 e. The summed E-state index contributed by atoms with van der Waals surface area (Å²) in [6.45, 7) is 0.948. The number of thioether (sulfide) groups is 1. The normalized spacial score (nSPS) is 16.7. The Labute approximate surface area is 144 Å². The summed E-state index contributed by atoms with van der Waals surface area (Å²) in [6, 6.07) is 7.49. The van der Waals surface area contributed by atoms with Crippen molar-refractivity contribution in [2.75, 3.05) is 19.0 Å². The van der Waals surface area contributed by atoms with Crippen molar-refractivity contribution in [3.63, 3.8) is 0 Å². The molecule has 0 saturated carbocycles. The van der Waals surface area contributed by atoms with Crippen molar-refractivity contribution in [1.82, 2.24) is 5.32 Å². The Morgan fingerprint density at radius 2 is 2.00 bits per heavy atom. The molecule has 0 atom stereocenters. The van der Waals surface area contributed by atoms with Gasteiger partial charge in [-0.2, -0.15) is 0 Å². The third-order valence-corrected chi connectivity index (χ3v) is 5.28. The molecular weight excluding hydrogens is 338 g/mol. The zero-order valence-electron chi connectivity index (χ0n) is 12.7. The lowest BCUT2D eigenvalue weighted by Gasteiger charge is -2.36. The standard InChI is InChI=1S/C16H20ClNO4S/c17-12-3-1-2-4-13(12)23-10-5-14(19)18-16(11-15(20)21)6-8-22-9-7-16/h1-4H,5-11H2,(H,18,19)(H,20,21). The number of carboxylic acid groups (broad SMARTS) is 1. The Morgan fingerprint density at radius 3 is 2.65 bits per heavy atom. The lowest BCUT2D eigenvalue weighted by atomic mass is 9.86. The summed E-state index contributed by atoms with van der Waals surface area (Å²) in [5, 5.41) is 12.7. The van der Waals surface area contributed by atoms with E-state index in [4.69, 9.17) is 21.4 Å². The Kier molecular flexibility index (Phi) is 6.74. The molecule has 0 spiro atoms. The summed E-state index contributed by atoms with van der Waals surface area (Å²) in [5.41, 5.74) is -0.684. The third kappa shape index (κ3) is 5.71. The molecule has 126 valence electrons. The number of carbonyl (C=O) groups is 2. The molecule has 7 heteroatoms. The van der Waals surface area contributed by atoms with E-state index < -0.39 is 11.5 Å².